The molecule has 2 aromatic carbocycles. The van der Waals surface area contributed by atoms with Crippen LogP contribution in [0.5, 0.6) is 11.5 Å². The first kappa shape index (κ1) is 15.6. The Morgan fingerprint density at radius 2 is 1.91 bits per heavy atom. The number of benzene rings is 2. The van der Waals surface area contributed by atoms with Gasteiger partial charge in [0.2, 0.25) is 0 Å². The first-order valence-electron chi connectivity index (χ1n) is 6.76. The fourth-order valence-electron chi connectivity index (χ4n) is 1.97. The molecule has 22 heavy (non-hydrogen) atoms. The third kappa shape index (κ3) is 3.63. The second-order valence-corrected chi connectivity index (χ2v) is 4.62. The number of carbonyl (C=O) groups is 1. The highest BCUT2D eigenvalue weighted by atomic mass is 16.5. The maximum Gasteiger partial charge on any atom is 0.271 e. The Bertz CT molecular complexity index is 696. The van der Waals surface area contributed by atoms with Crippen LogP contribution < -0.4 is 14.9 Å². The number of hydrogen-bond donors (Lipinski definition) is 1. The summed E-state index contributed by atoms with van der Waals surface area (Å²) in [6.45, 7) is 1.88. The zero-order valence-electron chi connectivity index (χ0n) is 12.8. The van der Waals surface area contributed by atoms with Gasteiger partial charge in [-0.05, 0) is 30.7 Å². The Balaban J connectivity index is 2.10. The molecule has 0 unspecified atom stereocenters. The maximum atomic E-state index is 12.0. The zero-order chi connectivity index (χ0) is 15.9. The van der Waals surface area contributed by atoms with E-state index in [0.717, 1.165) is 11.1 Å². The SMILES string of the molecule is COc1ccc(C=NNC(=O)c2ccccc2C)c(OC)c1. The molecule has 5 heteroatoms. The normalized spacial score (nSPS) is 10.5. The maximum absolute atomic E-state index is 12.0. The highest BCUT2D eigenvalue weighted by Gasteiger charge is 2.07. The van der Waals surface area contributed by atoms with Gasteiger partial charge >= 0.3 is 0 Å². The molecule has 0 heterocycles. The second kappa shape index (κ2) is 7.26. The number of nitrogens with zero attached hydrogens (tertiary/aromatic N) is 1. The predicted molar refractivity (Wildman–Crippen MR) is 85.8 cm³/mol. The lowest BCUT2D eigenvalue weighted by Gasteiger charge is -2.07. The van der Waals surface area contributed by atoms with E-state index in [2.05, 4.69) is 10.5 Å². The summed E-state index contributed by atoms with van der Waals surface area (Å²) in [7, 11) is 3.16. The number of ether oxygens (including phenoxy) is 2. The van der Waals surface area contributed by atoms with E-state index in [9.17, 15) is 4.79 Å². The van der Waals surface area contributed by atoms with Crippen LogP contribution in [-0.2, 0) is 0 Å². The van der Waals surface area contributed by atoms with Gasteiger partial charge in [-0.1, -0.05) is 18.2 Å². The van der Waals surface area contributed by atoms with Crippen molar-refractivity contribution in [1.82, 2.24) is 5.43 Å². The summed E-state index contributed by atoms with van der Waals surface area (Å²) in [5.74, 6) is 1.06. The van der Waals surface area contributed by atoms with Crippen molar-refractivity contribution in [2.45, 2.75) is 6.92 Å². The molecule has 0 aliphatic rings. The van der Waals surface area contributed by atoms with Crippen molar-refractivity contribution in [3.8, 4) is 11.5 Å². The van der Waals surface area contributed by atoms with E-state index in [4.69, 9.17) is 9.47 Å². The van der Waals surface area contributed by atoms with E-state index >= 15 is 0 Å². The molecule has 0 spiro atoms. The number of nitrogens with one attached hydrogen (secondary N) is 1. The first-order valence-corrected chi connectivity index (χ1v) is 6.76. The Hall–Kier alpha value is -2.82. The van der Waals surface area contributed by atoms with Crippen LogP contribution in [0.15, 0.2) is 47.6 Å². The van der Waals surface area contributed by atoms with Crippen LogP contribution in [0, 0.1) is 6.92 Å². The van der Waals surface area contributed by atoms with Gasteiger partial charge in [0.25, 0.3) is 5.91 Å². The molecule has 5 nitrogen and oxygen atoms in total. The molecule has 0 fully saturated rings. The third-order valence-corrected chi connectivity index (χ3v) is 3.20. The Kier molecular flexibility index (Phi) is 5.14. The smallest absolute Gasteiger partial charge is 0.271 e. The Labute approximate surface area is 129 Å². The number of hydrogen-bond acceptors (Lipinski definition) is 4. The van der Waals surface area contributed by atoms with Crippen LogP contribution in [0.25, 0.3) is 0 Å². The summed E-state index contributed by atoms with van der Waals surface area (Å²) >= 11 is 0. The van der Waals surface area contributed by atoms with Gasteiger partial charge < -0.3 is 9.47 Å². The minimum absolute atomic E-state index is 0.248. The van der Waals surface area contributed by atoms with E-state index in [1.165, 1.54) is 6.21 Å². The van der Waals surface area contributed by atoms with Gasteiger partial charge in [0.05, 0.1) is 20.4 Å². The first-order chi connectivity index (χ1) is 10.7. The quantitative estimate of drug-likeness (QED) is 0.682. The lowest BCUT2D eigenvalue weighted by molar-refractivity contribution is 0.0954. The zero-order valence-corrected chi connectivity index (χ0v) is 12.8. The summed E-state index contributed by atoms with van der Waals surface area (Å²) in [5, 5.41) is 3.98. The lowest BCUT2D eigenvalue weighted by Crippen LogP contribution is -2.18. The highest BCUT2D eigenvalue weighted by Crippen LogP contribution is 2.22. The molecule has 1 N–H and O–H groups in total. The van der Waals surface area contributed by atoms with Gasteiger partial charge in [-0.25, -0.2) is 5.43 Å². The average Bonchev–Trinajstić information content (AvgIpc) is 2.55. The van der Waals surface area contributed by atoms with Crippen LogP contribution >= 0.6 is 0 Å². The number of carbonyl (C=O) groups excluding carboxylic acids is 1. The second-order valence-electron chi connectivity index (χ2n) is 4.62. The van der Waals surface area contributed by atoms with Crippen molar-refractivity contribution in [1.29, 1.82) is 0 Å². The van der Waals surface area contributed by atoms with E-state index in [1.807, 2.05) is 25.1 Å². The summed E-state index contributed by atoms with van der Waals surface area (Å²) in [4.78, 5) is 12.0. The number of methoxy groups -OCH3 is 2. The van der Waals surface area contributed by atoms with Crippen LogP contribution in [0.1, 0.15) is 21.5 Å². The van der Waals surface area contributed by atoms with Crippen molar-refractivity contribution in [3.63, 3.8) is 0 Å². The van der Waals surface area contributed by atoms with Gasteiger partial charge in [0.15, 0.2) is 0 Å². The van der Waals surface area contributed by atoms with Crippen molar-refractivity contribution >= 4 is 12.1 Å². The lowest BCUT2D eigenvalue weighted by atomic mass is 10.1. The summed E-state index contributed by atoms with van der Waals surface area (Å²) in [6.07, 6.45) is 1.54. The molecule has 2 rings (SSSR count). The molecule has 0 bridgehead atoms. The van der Waals surface area contributed by atoms with Crippen LogP contribution in [0.3, 0.4) is 0 Å². The molecule has 0 aliphatic heterocycles. The third-order valence-electron chi connectivity index (χ3n) is 3.20. The molecular weight excluding hydrogens is 280 g/mol. The minimum Gasteiger partial charge on any atom is -0.497 e. The molecule has 0 saturated carbocycles. The highest BCUT2D eigenvalue weighted by molar-refractivity contribution is 5.96. The standard InChI is InChI=1S/C17H18N2O3/c1-12-6-4-5-7-15(12)17(20)19-18-11-13-8-9-14(21-2)10-16(13)22-3/h4-11H,1-3H3,(H,19,20). The summed E-state index contributed by atoms with van der Waals surface area (Å²) in [6, 6.07) is 12.7. The molecule has 114 valence electrons. The van der Waals surface area contributed by atoms with Gasteiger partial charge in [-0.15, -0.1) is 0 Å². The Morgan fingerprint density at radius 1 is 1.14 bits per heavy atom. The number of rotatable bonds is 5. The molecule has 0 aliphatic carbocycles. The van der Waals surface area contributed by atoms with Crippen LogP contribution in [-0.4, -0.2) is 26.3 Å². The van der Waals surface area contributed by atoms with Gasteiger partial charge in [0, 0.05) is 17.2 Å². The number of hydrazone groups is 1. The summed E-state index contributed by atoms with van der Waals surface area (Å²) in [5.41, 5.74) is 4.75. The fourth-order valence-corrected chi connectivity index (χ4v) is 1.97. The van der Waals surface area contributed by atoms with E-state index < -0.39 is 0 Å². The molecule has 0 atom stereocenters. The van der Waals surface area contributed by atoms with E-state index in [1.54, 1.807) is 38.5 Å². The molecule has 0 radical (unpaired) electrons. The van der Waals surface area contributed by atoms with E-state index in [-0.39, 0.29) is 5.91 Å². The molecule has 1 amide bonds. The number of aryl methyl sites for hydroxylation is 1. The van der Waals surface area contributed by atoms with Crippen molar-refractivity contribution in [2.24, 2.45) is 5.10 Å². The average molecular weight is 298 g/mol. The van der Waals surface area contributed by atoms with Gasteiger partial charge in [0.1, 0.15) is 11.5 Å². The summed E-state index contributed by atoms with van der Waals surface area (Å²) < 4.78 is 10.4. The molecule has 0 saturated heterocycles. The predicted octanol–water partition coefficient (Wildman–Crippen LogP) is 2.78. The van der Waals surface area contributed by atoms with Crippen molar-refractivity contribution in [3.05, 3.63) is 59.2 Å². The Morgan fingerprint density at radius 3 is 2.59 bits per heavy atom. The monoisotopic (exact) mass is 298 g/mol. The largest absolute Gasteiger partial charge is 0.497 e. The molecular formula is C17H18N2O3. The minimum atomic E-state index is -0.248. The van der Waals surface area contributed by atoms with Crippen molar-refractivity contribution in [2.75, 3.05) is 14.2 Å². The van der Waals surface area contributed by atoms with E-state index in [0.29, 0.717) is 17.1 Å². The molecule has 2 aromatic rings. The van der Waals surface area contributed by atoms with Gasteiger partial charge in [-0.2, -0.15) is 5.10 Å². The molecule has 0 aromatic heterocycles. The van der Waals surface area contributed by atoms with Crippen LogP contribution in [0.2, 0.25) is 0 Å². The number of amides is 1. The van der Waals surface area contributed by atoms with Crippen LogP contribution in [0.4, 0.5) is 0 Å². The topological polar surface area (TPSA) is 59.9 Å². The fraction of sp³-hybridized carbons (Fsp3) is 0.176. The van der Waals surface area contributed by atoms with Crippen molar-refractivity contribution < 1.29 is 14.3 Å². The van der Waals surface area contributed by atoms with Gasteiger partial charge in [-0.3, -0.25) is 4.79 Å².